The molecule has 0 aliphatic rings. The molecule has 0 aliphatic heterocycles. The molecule has 0 saturated carbocycles. The molecule has 0 aromatic heterocycles. The summed E-state index contributed by atoms with van der Waals surface area (Å²) >= 11 is 0. The molecular weight excluding hydrogens is 222 g/mol. The van der Waals surface area contributed by atoms with Gasteiger partial charge in [0.25, 0.3) is 0 Å². The summed E-state index contributed by atoms with van der Waals surface area (Å²) in [5, 5.41) is 3.09. The molecule has 1 N–H and O–H groups in total. The van der Waals surface area contributed by atoms with Gasteiger partial charge in [0, 0.05) is 6.54 Å². The van der Waals surface area contributed by atoms with Crippen LogP contribution in [0, 0.1) is 6.92 Å². The zero-order chi connectivity index (χ0) is 12.0. The molecule has 0 spiro atoms. The van der Waals surface area contributed by atoms with Gasteiger partial charge in [-0.2, -0.15) is 0 Å². The molecule has 0 saturated heterocycles. The molecule has 0 bridgehead atoms. The van der Waals surface area contributed by atoms with Crippen molar-refractivity contribution in [1.29, 1.82) is 0 Å². The van der Waals surface area contributed by atoms with E-state index >= 15 is 0 Å². The third-order valence-electron chi connectivity index (χ3n) is 2.35. The summed E-state index contributed by atoms with van der Waals surface area (Å²) < 4.78 is 23.7. The second kappa shape index (κ2) is 6.01. The molecule has 0 aliphatic carbocycles. The summed E-state index contributed by atoms with van der Waals surface area (Å²) in [5.74, 6) is 0.163. The Hall–Kier alpha value is -0.870. The molecule has 0 atom stereocenters. The van der Waals surface area contributed by atoms with Gasteiger partial charge in [0.05, 0.1) is 10.6 Å². The van der Waals surface area contributed by atoms with Crippen molar-refractivity contribution in [3.05, 3.63) is 29.8 Å². The maximum atomic E-state index is 11.9. The van der Waals surface area contributed by atoms with Gasteiger partial charge in [-0.3, -0.25) is 0 Å². The minimum Gasteiger partial charge on any atom is -0.316 e. The lowest BCUT2D eigenvalue weighted by molar-refractivity contribution is 0.590. The van der Waals surface area contributed by atoms with Crippen LogP contribution >= 0.6 is 0 Å². The molecule has 1 aromatic carbocycles. The topological polar surface area (TPSA) is 46.2 Å². The molecular formula is C12H19NO2S. The van der Waals surface area contributed by atoms with E-state index in [1.807, 2.05) is 19.1 Å². The van der Waals surface area contributed by atoms with Gasteiger partial charge in [0.1, 0.15) is 0 Å². The first-order valence-corrected chi connectivity index (χ1v) is 7.21. The van der Waals surface area contributed by atoms with Crippen molar-refractivity contribution in [3.63, 3.8) is 0 Å². The van der Waals surface area contributed by atoms with Crippen LogP contribution in [0.3, 0.4) is 0 Å². The maximum Gasteiger partial charge on any atom is 0.179 e. The van der Waals surface area contributed by atoms with E-state index in [4.69, 9.17) is 0 Å². The van der Waals surface area contributed by atoms with Gasteiger partial charge >= 0.3 is 0 Å². The zero-order valence-corrected chi connectivity index (χ0v) is 10.7. The second-order valence-electron chi connectivity index (χ2n) is 3.88. The van der Waals surface area contributed by atoms with Crippen LogP contribution in [-0.2, 0) is 9.84 Å². The van der Waals surface area contributed by atoms with Crippen molar-refractivity contribution in [2.45, 2.75) is 25.2 Å². The Bertz CT molecular complexity index is 409. The van der Waals surface area contributed by atoms with E-state index < -0.39 is 9.84 Å². The fourth-order valence-electron chi connectivity index (χ4n) is 1.37. The molecule has 0 heterocycles. The third kappa shape index (κ3) is 3.94. The molecule has 0 amide bonds. The van der Waals surface area contributed by atoms with Crippen molar-refractivity contribution in [2.75, 3.05) is 18.8 Å². The van der Waals surface area contributed by atoms with Crippen LogP contribution in [0.2, 0.25) is 0 Å². The first-order chi connectivity index (χ1) is 7.56. The molecule has 16 heavy (non-hydrogen) atoms. The lowest BCUT2D eigenvalue weighted by Crippen LogP contribution is -2.23. The normalized spacial score (nSPS) is 11.6. The van der Waals surface area contributed by atoms with Crippen molar-refractivity contribution in [1.82, 2.24) is 5.32 Å². The molecule has 0 unspecified atom stereocenters. The number of rotatable bonds is 6. The highest BCUT2D eigenvalue weighted by Crippen LogP contribution is 2.11. The van der Waals surface area contributed by atoms with E-state index in [2.05, 4.69) is 12.2 Å². The van der Waals surface area contributed by atoms with Crippen LogP contribution in [0.25, 0.3) is 0 Å². The smallest absolute Gasteiger partial charge is 0.179 e. The number of aryl methyl sites for hydroxylation is 1. The molecule has 0 fully saturated rings. The maximum absolute atomic E-state index is 11.9. The fraction of sp³-hybridized carbons (Fsp3) is 0.500. The lowest BCUT2D eigenvalue weighted by atomic mass is 10.2. The van der Waals surface area contributed by atoms with E-state index in [0.29, 0.717) is 11.4 Å². The number of benzene rings is 1. The molecule has 4 heteroatoms. The van der Waals surface area contributed by atoms with E-state index in [0.717, 1.165) is 18.5 Å². The average molecular weight is 241 g/mol. The monoisotopic (exact) mass is 241 g/mol. The van der Waals surface area contributed by atoms with Gasteiger partial charge in [0.15, 0.2) is 9.84 Å². The summed E-state index contributed by atoms with van der Waals surface area (Å²) in [6.45, 7) is 5.38. The lowest BCUT2D eigenvalue weighted by Gasteiger charge is -2.05. The van der Waals surface area contributed by atoms with Gasteiger partial charge in [-0.1, -0.05) is 24.6 Å². The third-order valence-corrected chi connectivity index (χ3v) is 4.09. The first kappa shape index (κ1) is 13.2. The SMILES string of the molecule is CCCNCCS(=O)(=O)c1ccc(C)cc1. The van der Waals surface area contributed by atoms with E-state index in [1.54, 1.807) is 12.1 Å². The Labute approximate surface area is 97.8 Å². The standard InChI is InChI=1S/C12H19NO2S/c1-3-8-13-9-10-16(14,15)12-6-4-11(2)5-7-12/h4-7,13H,3,8-10H2,1-2H3. The summed E-state index contributed by atoms with van der Waals surface area (Å²) in [6.07, 6.45) is 1.02. The Morgan fingerprint density at radius 2 is 1.75 bits per heavy atom. The number of hydrogen-bond acceptors (Lipinski definition) is 3. The summed E-state index contributed by atoms with van der Waals surface area (Å²) in [7, 11) is -3.12. The summed E-state index contributed by atoms with van der Waals surface area (Å²) in [6, 6.07) is 6.99. The van der Waals surface area contributed by atoms with Crippen molar-refractivity contribution >= 4 is 9.84 Å². The summed E-state index contributed by atoms with van der Waals surface area (Å²) in [4.78, 5) is 0.413. The highest BCUT2D eigenvalue weighted by Gasteiger charge is 2.12. The van der Waals surface area contributed by atoms with Crippen LogP contribution < -0.4 is 5.32 Å². The van der Waals surface area contributed by atoms with Gasteiger partial charge in [0.2, 0.25) is 0 Å². The second-order valence-corrected chi connectivity index (χ2v) is 5.99. The number of hydrogen-bond donors (Lipinski definition) is 1. The average Bonchev–Trinajstić information content (AvgIpc) is 2.25. The highest BCUT2D eigenvalue weighted by molar-refractivity contribution is 7.91. The Balaban J connectivity index is 2.60. The molecule has 3 nitrogen and oxygen atoms in total. The zero-order valence-electron chi connectivity index (χ0n) is 9.86. The molecule has 90 valence electrons. The number of nitrogens with one attached hydrogen (secondary N) is 1. The fourth-order valence-corrected chi connectivity index (χ4v) is 2.57. The first-order valence-electron chi connectivity index (χ1n) is 5.56. The minimum absolute atomic E-state index is 0.163. The number of sulfone groups is 1. The van der Waals surface area contributed by atoms with Crippen LogP contribution in [0.15, 0.2) is 29.2 Å². The van der Waals surface area contributed by atoms with Gasteiger partial charge < -0.3 is 5.32 Å². The van der Waals surface area contributed by atoms with E-state index in [9.17, 15) is 8.42 Å². The van der Waals surface area contributed by atoms with Gasteiger partial charge in [-0.25, -0.2) is 8.42 Å². The Morgan fingerprint density at radius 1 is 1.12 bits per heavy atom. The van der Waals surface area contributed by atoms with Gasteiger partial charge in [-0.05, 0) is 32.0 Å². The predicted octanol–water partition coefficient (Wildman–Crippen LogP) is 1.77. The summed E-state index contributed by atoms with van der Waals surface area (Å²) in [5.41, 5.74) is 1.07. The molecule has 1 rings (SSSR count). The van der Waals surface area contributed by atoms with Crippen LogP contribution in [0.5, 0.6) is 0 Å². The van der Waals surface area contributed by atoms with Gasteiger partial charge in [-0.15, -0.1) is 0 Å². The highest BCUT2D eigenvalue weighted by atomic mass is 32.2. The molecule has 1 aromatic rings. The quantitative estimate of drug-likeness (QED) is 0.772. The molecule has 0 radical (unpaired) electrons. The van der Waals surface area contributed by atoms with Crippen molar-refractivity contribution in [2.24, 2.45) is 0 Å². The Morgan fingerprint density at radius 3 is 2.31 bits per heavy atom. The van der Waals surface area contributed by atoms with Crippen LogP contribution in [0.4, 0.5) is 0 Å². The van der Waals surface area contributed by atoms with E-state index in [-0.39, 0.29) is 5.75 Å². The largest absolute Gasteiger partial charge is 0.316 e. The van der Waals surface area contributed by atoms with Crippen LogP contribution in [0.1, 0.15) is 18.9 Å². The Kier molecular flexibility index (Phi) is 4.96. The van der Waals surface area contributed by atoms with Crippen LogP contribution in [-0.4, -0.2) is 27.3 Å². The predicted molar refractivity (Wildman–Crippen MR) is 66.4 cm³/mol. The van der Waals surface area contributed by atoms with E-state index in [1.165, 1.54) is 0 Å². The van der Waals surface area contributed by atoms with Crippen molar-refractivity contribution in [3.8, 4) is 0 Å². The van der Waals surface area contributed by atoms with Crippen molar-refractivity contribution < 1.29 is 8.42 Å². The minimum atomic E-state index is -3.12.